The zero-order chi connectivity index (χ0) is 16.4. The number of hydrogen-bond acceptors (Lipinski definition) is 3. The minimum absolute atomic E-state index is 0.170. The van der Waals surface area contributed by atoms with E-state index in [0.717, 1.165) is 16.7 Å². The molecule has 4 nitrogen and oxygen atoms in total. The second-order valence-electron chi connectivity index (χ2n) is 6.00. The predicted molar refractivity (Wildman–Crippen MR) is 88.8 cm³/mol. The third-order valence-corrected chi connectivity index (χ3v) is 5.18. The van der Waals surface area contributed by atoms with E-state index in [1.807, 2.05) is 54.6 Å². The fraction of sp³-hybridized carbons (Fsp3) is 0.294. The number of sulfonamides is 1. The van der Waals surface area contributed by atoms with Gasteiger partial charge in [-0.05, 0) is 37.0 Å². The molecule has 2 aromatic carbocycles. The summed E-state index contributed by atoms with van der Waals surface area (Å²) in [4.78, 5) is 0. The van der Waals surface area contributed by atoms with Crippen LogP contribution in [0.25, 0.3) is 11.1 Å². The van der Waals surface area contributed by atoms with Crippen LogP contribution in [-0.4, -0.2) is 24.4 Å². The van der Waals surface area contributed by atoms with Crippen LogP contribution in [0.4, 0.5) is 0 Å². The van der Waals surface area contributed by atoms with E-state index in [9.17, 15) is 13.5 Å². The zero-order valence-electron chi connectivity index (χ0n) is 12.7. The molecule has 0 fully saturated rings. The molecular weight excluding hydrogens is 298 g/mol. The highest BCUT2D eigenvalue weighted by molar-refractivity contribution is 7.89. The molecule has 0 aliphatic rings. The van der Waals surface area contributed by atoms with Crippen molar-refractivity contribution in [2.45, 2.75) is 31.1 Å². The Hall–Kier alpha value is -1.69. The van der Waals surface area contributed by atoms with Gasteiger partial charge in [-0.2, -0.15) is 0 Å². The van der Waals surface area contributed by atoms with Crippen molar-refractivity contribution in [1.29, 1.82) is 0 Å². The third-order valence-electron chi connectivity index (χ3n) is 3.64. The van der Waals surface area contributed by atoms with Crippen molar-refractivity contribution in [1.82, 2.24) is 0 Å². The maximum Gasteiger partial charge on any atom is 0.215 e. The summed E-state index contributed by atoms with van der Waals surface area (Å²) in [5.74, 6) is 0. The van der Waals surface area contributed by atoms with E-state index in [0.29, 0.717) is 0 Å². The smallest absolute Gasteiger partial charge is 0.215 e. The summed E-state index contributed by atoms with van der Waals surface area (Å²) in [5.41, 5.74) is 1.47. The molecule has 118 valence electrons. The molecule has 0 aliphatic heterocycles. The molecule has 0 radical (unpaired) electrons. The van der Waals surface area contributed by atoms with E-state index >= 15 is 0 Å². The van der Waals surface area contributed by atoms with Gasteiger partial charge in [-0.1, -0.05) is 54.6 Å². The van der Waals surface area contributed by atoms with Crippen LogP contribution in [0, 0.1) is 0 Å². The van der Waals surface area contributed by atoms with Crippen molar-refractivity contribution in [3.63, 3.8) is 0 Å². The van der Waals surface area contributed by atoms with Crippen LogP contribution < -0.4 is 5.14 Å². The molecule has 3 N–H and O–H groups in total. The average molecular weight is 319 g/mol. The number of nitrogens with two attached hydrogens (primary N) is 1. The molecule has 0 heterocycles. The molecule has 1 atom stereocenters. The van der Waals surface area contributed by atoms with Gasteiger partial charge in [0, 0.05) is 0 Å². The largest absolute Gasteiger partial charge is 0.389 e. The second kappa shape index (κ2) is 6.20. The van der Waals surface area contributed by atoms with Gasteiger partial charge in [-0.3, -0.25) is 0 Å². The standard InChI is InChI=1S/C17H21NO3S/c1-17(2,19)16(22(18,20)21)12-13-7-6-10-15(11-13)14-8-4-3-5-9-14/h3-11,16,19H,12H2,1-2H3,(H2,18,20,21). The second-order valence-corrected chi connectivity index (χ2v) is 7.75. The molecule has 0 saturated carbocycles. The Morgan fingerprint density at radius 3 is 2.18 bits per heavy atom. The summed E-state index contributed by atoms with van der Waals surface area (Å²) >= 11 is 0. The highest BCUT2D eigenvalue weighted by Gasteiger charge is 2.36. The van der Waals surface area contributed by atoms with Gasteiger partial charge < -0.3 is 5.11 Å². The SMILES string of the molecule is CC(C)(O)C(Cc1cccc(-c2ccccc2)c1)S(N)(=O)=O. The maximum atomic E-state index is 11.8. The number of aliphatic hydroxyl groups is 1. The Balaban J connectivity index is 2.34. The summed E-state index contributed by atoms with van der Waals surface area (Å²) in [6, 6.07) is 17.4. The van der Waals surface area contributed by atoms with Gasteiger partial charge in [-0.15, -0.1) is 0 Å². The van der Waals surface area contributed by atoms with Crippen LogP contribution in [0.15, 0.2) is 54.6 Å². The van der Waals surface area contributed by atoms with E-state index in [1.54, 1.807) is 0 Å². The molecule has 0 amide bonds. The van der Waals surface area contributed by atoms with Crippen molar-refractivity contribution < 1.29 is 13.5 Å². The monoisotopic (exact) mass is 319 g/mol. The summed E-state index contributed by atoms with van der Waals surface area (Å²) in [6.07, 6.45) is 0.170. The normalized spacial score (nSPS) is 13.8. The first-order valence-electron chi connectivity index (χ1n) is 7.06. The highest BCUT2D eigenvalue weighted by Crippen LogP contribution is 2.24. The Morgan fingerprint density at radius 2 is 1.64 bits per heavy atom. The summed E-state index contributed by atoms with van der Waals surface area (Å²) in [7, 11) is -3.85. The van der Waals surface area contributed by atoms with Crippen LogP contribution >= 0.6 is 0 Å². The number of benzene rings is 2. The van der Waals surface area contributed by atoms with E-state index in [4.69, 9.17) is 5.14 Å². The molecule has 0 spiro atoms. The topological polar surface area (TPSA) is 80.4 Å². The number of rotatable bonds is 5. The van der Waals surface area contributed by atoms with Crippen molar-refractivity contribution in [2.75, 3.05) is 0 Å². The Kier molecular flexibility index (Phi) is 4.70. The molecule has 0 aromatic heterocycles. The number of primary sulfonamides is 1. The molecule has 1 unspecified atom stereocenters. The van der Waals surface area contributed by atoms with Crippen molar-refractivity contribution in [3.05, 3.63) is 60.2 Å². The highest BCUT2D eigenvalue weighted by atomic mass is 32.2. The lowest BCUT2D eigenvalue weighted by atomic mass is 9.95. The molecule has 5 heteroatoms. The predicted octanol–water partition coefficient (Wildman–Crippen LogP) is 2.32. The first-order chi connectivity index (χ1) is 10.2. The van der Waals surface area contributed by atoms with Crippen molar-refractivity contribution in [3.8, 4) is 11.1 Å². The lowest BCUT2D eigenvalue weighted by Crippen LogP contribution is -2.46. The maximum absolute atomic E-state index is 11.8. The summed E-state index contributed by atoms with van der Waals surface area (Å²) < 4.78 is 23.5. The first-order valence-corrected chi connectivity index (χ1v) is 8.67. The van der Waals surface area contributed by atoms with Crippen LogP contribution in [0.3, 0.4) is 0 Å². The van der Waals surface area contributed by atoms with Gasteiger partial charge in [-0.25, -0.2) is 13.6 Å². The zero-order valence-corrected chi connectivity index (χ0v) is 13.5. The number of hydrogen-bond donors (Lipinski definition) is 2. The van der Waals surface area contributed by atoms with E-state index in [2.05, 4.69) is 0 Å². The average Bonchev–Trinajstić information content (AvgIpc) is 2.44. The van der Waals surface area contributed by atoms with E-state index in [-0.39, 0.29) is 6.42 Å². The lowest BCUT2D eigenvalue weighted by molar-refractivity contribution is 0.0748. The molecule has 2 aromatic rings. The molecule has 22 heavy (non-hydrogen) atoms. The first kappa shape index (κ1) is 16.7. The van der Waals surface area contributed by atoms with E-state index in [1.165, 1.54) is 13.8 Å². The Labute approximate surface area is 131 Å². The summed E-state index contributed by atoms with van der Waals surface area (Å²) in [5, 5.41) is 14.3. The van der Waals surface area contributed by atoms with Gasteiger partial charge in [0.05, 0.1) is 5.60 Å². The fourth-order valence-corrected chi connectivity index (χ4v) is 3.72. The van der Waals surface area contributed by atoms with Crippen molar-refractivity contribution in [2.24, 2.45) is 5.14 Å². The van der Waals surface area contributed by atoms with Gasteiger partial charge in [0.25, 0.3) is 0 Å². The lowest BCUT2D eigenvalue weighted by Gasteiger charge is -2.27. The minimum Gasteiger partial charge on any atom is -0.389 e. The minimum atomic E-state index is -3.85. The molecule has 2 rings (SSSR count). The van der Waals surface area contributed by atoms with Gasteiger partial charge in [0.15, 0.2) is 0 Å². The third kappa shape index (κ3) is 4.16. The van der Waals surface area contributed by atoms with E-state index < -0.39 is 20.9 Å². The van der Waals surface area contributed by atoms with Gasteiger partial charge in [0.1, 0.15) is 5.25 Å². The van der Waals surface area contributed by atoms with Gasteiger partial charge in [0.2, 0.25) is 10.0 Å². The molecule has 0 bridgehead atoms. The van der Waals surface area contributed by atoms with Crippen molar-refractivity contribution >= 4 is 10.0 Å². The van der Waals surface area contributed by atoms with Crippen LogP contribution in [0.1, 0.15) is 19.4 Å². The van der Waals surface area contributed by atoms with Crippen LogP contribution in [0.5, 0.6) is 0 Å². The Morgan fingerprint density at radius 1 is 1.05 bits per heavy atom. The molecule has 0 aliphatic carbocycles. The fourth-order valence-electron chi connectivity index (χ4n) is 2.49. The van der Waals surface area contributed by atoms with Crippen LogP contribution in [-0.2, 0) is 16.4 Å². The summed E-state index contributed by atoms with van der Waals surface area (Å²) in [6.45, 7) is 2.92. The Bertz CT molecular complexity index is 734. The van der Waals surface area contributed by atoms with Crippen LogP contribution in [0.2, 0.25) is 0 Å². The quantitative estimate of drug-likeness (QED) is 0.887. The van der Waals surface area contributed by atoms with Gasteiger partial charge >= 0.3 is 0 Å². The molecule has 0 saturated heterocycles. The molecular formula is C17H21NO3S.